The minimum Gasteiger partial charge on any atom is -0.295 e. The summed E-state index contributed by atoms with van der Waals surface area (Å²) >= 11 is 0. The van der Waals surface area contributed by atoms with Crippen molar-refractivity contribution in [2.45, 2.75) is 32.1 Å². The van der Waals surface area contributed by atoms with E-state index in [1.54, 1.807) is 0 Å². The third kappa shape index (κ3) is 2.64. The lowest BCUT2D eigenvalue weighted by molar-refractivity contribution is 0.232. The molecule has 0 aromatic rings. The number of hydrogen-bond acceptors (Lipinski definition) is 2. The normalized spacial score (nSPS) is 37.0. The Morgan fingerprint density at radius 3 is 2.85 bits per heavy atom. The van der Waals surface area contributed by atoms with E-state index in [9.17, 15) is 4.21 Å². The third-order valence-corrected chi connectivity index (χ3v) is 4.63. The van der Waals surface area contributed by atoms with Crippen molar-refractivity contribution in [2.75, 3.05) is 18.8 Å². The van der Waals surface area contributed by atoms with Gasteiger partial charge in [0.25, 0.3) is 0 Å². The molecule has 1 aliphatic rings. The van der Waals surface area contributed by atoms with E-state index in [0.717, 1.165) is 18.8 Å². The summed E-state index contributed by atoms with van der Waals surface area (Å²) in [5.74, 6) is 0.836. The fraction of sp³-hybridized carbons (Fsp3) is 0.800. The van der Waals surface area contributed by atoms with Crippen LogP contribution in [0.1, 0.15) is 20.8 Å². The maximum atomic E-state index is 11.5. The van der Waals surface area contributed by atoms with Gasteiger partial charge in [0.2, 0.25) is 0 Å². The van der Waals surface area contributed by atoms with Crippen LogP contribution < -0.4 is 0 Å². The maximum absolute atomic E-state index is 11.5. The van der Waals surface area contributed by atoms with E-state index in [1.165, 1.54) is 0 Å². The zero-order valence-corrected chi connectivity index (χ0v) is 9.51. The molecule has 1 fully saturated rings. The molecule has 1 rings (SSSR count). The van der Waals surface area contributed by atoms with Crippen molar-refractivity contribution in [3.05, 3.63) is 12.2 Å². The summed E-state index contributed by atoms with van der Waals surface area (Å²) in [5, 5.41) is 0.319. The molecule has 0 aliphatic carbocycles. The van der Waals surface area contributed by atoms with Gasteiger partial charge in [-0.25, -0.2) is 0 Å². The van der Waals surface area contributed by atoms with Crippen molar-refractivity contribution in [1.82, 2.24) is 4.90 Å². The van der Waals surface area contributed by atoms with Crippen LogP contribution in [0.3, 0.4) is 0 Å². The van der Waals surface area contributed by atoms with Gasteiger partial charge in [-0.05, 0) is 20.8 Å². The van der Waals surface area contributed by atoms with Crippen molar-refractivity contribution in [3.63, 3.8) is 0 Å². The molecule has 2 nitrogen and oxygen atoms in total. The molecule has 0 amide bonds. The molecule has 3 unspecified atom stereocenters. The lowest BCUT2D eigenvalue weighted by Gasteiger charge is -2.36. The first kappa shape index (κ1) is 10.9. The lowest BCUT2D eigenvalue weighted by atomic mass is 10.2. The quantitative estimate of drug-likeness (QED) is 0.630. The van der Waals surface area contributed by atoms with Gasteiger partial charge in [0.15, 0.2) is 0 Å². The highest BCUT2D eigenvalue weighted by molar-refractivity contribution is 7.85. The molecule has 1 aliphatic heterocycles. The lowest BCUT2D eigenvalue weighted by Crippen LogP contribution is -2.49. The average Bonchev–Trinajstić information content (AvgIpc) is 2.13. The Hall–Kier alpha value is -0.150. The fourth-order valence-corrected chi connectivity index (χ4v) is 3.01. The molecular weight excluding hydrogens is 182 g/mol. The van der Waals surface area contributed by atoms with Crippen LogP contribution in [0, 0.1) is 0 Å². The van der Waals surface area contributed by atoms with E-state index < -0.39 is 10.8 Å². The third-order valence-electron chi connectivity index (χ3n) is 2.83. The molecule has 3 heteroatoms. The minimum absolute atomic E-state index is 0.319. The molecule has 0 saturated carbocycles. The monoisotopic (exact) mass is 201 g/mol. The summed E-state index contributed by atoms with van der Waals surface area (Å²) in [7, 11) is -0.607. The van der Waals surface area contributed by atoms with Crippen LogP contribution in [-0.2, 0) is 10.8 Å². The van der Waals surface area contributed by atoms with Crippen LogP contribution in [-0.4, -0.2) is 39.2 Å². The van der Waals surface area contributed by atoms with Gasteiger partial charge >= 0.3 is 0 Å². The Morgan fingerprint density at radius 1 is 1.54 bits per heavy atom. The highest BCUT2D eigenvalue weighted by Crippen LogP contribution is 2.15. The van der Waals surface area contributed by atoms with E-state index in [2.05, 4.69) is 30.9 Å². The van der Waals surface area contributed by atoms with Gasteiger partial charge in [0.05, 0.1) is 0 Å². The first-order valence-corrected chi connectivity index (χ1v) is 6.27. The number of rotatable bonds is 2. The van der Waals surface area contributed by atoms with Crippen molar-refractivity contribution in [1.29, 1.82) is 0 Å². The molecule has 0 bridgehead atoms. The summed E-state index contributed by atoms with van der Waals surface area (Å²) < 4.78 is 11.5. The SMILES string of the molecule is C/C=C/CN1CCS(=O)C(C)C1C. The van der Waals surface area contributed by atoms with Crippen LogP contribution >= 0.6 is 0 Å². The van der Waals surface area contributed by atoms with E-state index in [1.807, 2.05) is 6.92 Å². The fourth-order valence-electron chi connectivity index (χ4n) is 1.61. The molecule has 76 valence electrons. The Kier molecular flexibility index (Phi) is 4.13. The van der Waals surface area contributed by atoms with Crippen LogP contribution in [0.25, 0.3) is 0 Å². The Balaban J connectivity index is 2.53. The van der Waals surface area contributed by atoms with E-state index >= 15 is 0 Å². The zero-order valence-electron chi connectivity index (χ0n) is 8.69. The number of nitrogens with zero attached hydrogens (tertiary/aromatic N) is 1. The van der Waals surface area contributed by atoms with Gasteiger partial charge < -0.3 is 0 Å². The second kappa shape index (κ2) is 4.91. The first-order chi connectivity index (χ1) is 6.16. The van der Waals surface area contributed by atoms with Crippen LogP contribution in [0.4, 0.5) is 0 Å². The summed E-state index contributed by atoms with van der Waals surface area (Å²) in [6.07, 6.45) is 4.24. The summed E-state index contributed by atoms with van der Waals surface area (Å²) in [6, 6.07) is 0.450. The van der Waals surface area contributed by atoms with Crippen molar-refractivity contribution >= 4 is 10.8 Å². The molecule has 0 N–H and O–H groups in total. The standard InChI is InChI=1S/C10H19NOS/c1-4-5-6-11-7-8-13(12)10(3)9(11)2/h4-5,9-10H,6-8H2,1-3H3/b5-4+. The van der Waals surface area contributed by atoms with Crippen LogP contribution in [0.5, 0.6) is 0 Å². The average molecular weight is 201 g/mol. The Morgan fingerprint density at radius 2 is 2.23 bits per heavy atom. The smallest absolute Gasteiger partial charge is 0.0473 e. The Bertz CT molecular complexity index is 215. The highest BCUT2D eigenvalue weighted by Gasteiger charge is 2.28. The predicted molar refractivity (Wildman–Crippen MR) is 58.3 cm³/mol. The topological polar surface area (TPSA) is 20.3 Å². The van der Waals surface area contributed by atoms with Gasteiger partial charge in [-0.2, -0.15) is 0 Å². The molecule has 0 spiro atoms. The van der Waals surface area contributed by atoms with E-state index in [4.69, 9.17) is 0 Å². The molecule has 13 heavy (non-hydrogen) atoms. The van der Waals surface area contributed by atoms with Crippen molar-refractivity contribution in [3.8, 4) is 0 Å². The van der Waals surface area contributed by atoms with Gasteiger partial charge in [-0.15, -0.1) is 0 Å². The van der Waals surface area contributed by atoms with Crippen molar-refractivity contribution in [2.24, 2.45) is 0 Å². The minimum atomic E-state index is -0.607. The maximum Gasteiger partial charge on any atom is 0.0473 e. The van der Waals surface area contributed by atoms with Gasteiger partial charge in [0, 0.05) is 40.9 Å². The largest absolute Gasteiger partial charge is 0.295 e. The zero-order chi connectivity index (χ0) is 9.84. The predicted octanol–water partition coefficient (Wildman–Crippen LogP) is 1.40. The van der Waals surface area contributed by atoms with Gasteiger partial charge in [0.1, 0.15) is 0 Å². The Labute approximate surface area is 83.5 Å². The molecular formula is C10H19NOS. The van der Waals surface area contributed by atoms with Crippen LogP contribution in [0.15, 0.2) is 12.2 Å². The summed E-state index contributed by atoms with van der Waals surface area (Å²) in [4.78, 5) is 2.39. The molecule has 1 saturated heterocycles. The van der Waals surface area contributed by atoms with Gasteiger partial charge in [-0.3, -0.25) is 9.11 Å². The van der Waals surface area contributed by atoms with E-state index in [-0.39, 0.29) is 0 Å². The molecule has 0 aromatic heterocycles. The first-order valence-electron chi connectivity index (χ1n) is 4.89. The molecule has 1 heterocycles. The number of allylic oxidation sites excluding steroid dienone is 1. The van der Waals surface area contributed by atoms with Gasteiger partial charge in [-0.1, -0.05) is 12.2 Å². The van der Waals surface area contributed by atoms with E-state index in [0.29, 0.717) is 11.3 Å². The second-order valence-electron chi connectivity index (χ2n) is 3.59. The molecule has 0 radical (unpaired) electrons. The second-order valence-corrected chi connectivity index (χ2v) is 5.51. The number of hydrogen-bond donors (Lipinski definition) is 0. The van der Waals surface area contributed by atoms with Crippen LogP contribution in [0.2, 0.25) is 0 Å². The van der Waals surface area contributed by atoms with Crippen molar-refractivity contribution < 1.29 is 4.21 Å². The molecule has 3 atom stereocenters. The summed E-state index contributed by atoms with van der Waals surface area (Å²) in [6.45, 7) is 8.27. The highest BCUT2D eigenvalue weighted by atomic mass is 32.2. The summed E-state index contributed by atoms with van der Waals surface area (Å²) in [5.41, 5.74) is 0. The molecule has 0 aromatic carbocycles.